The summed E-state index contributed by atoms with van der Waals surface area (Å²) in [6.07, 6.45) is 0.978. The molecule has 2 saturated heterocycles. The van der Waals surface area contributed by atoms with Crippen LogP contribution in [0.15, 0.2) is 0 Å². The van der Waals surface area contributed by atoms with Crippen LogP contribution in [0.25, 0.3) is 0 Å². The third-order valence-electron chi connectivity index (χ3n) is 3.53. The van der Waals surface area contributed by atoms with Gasteiger partial charge in [0, 0.05) is 19.1 Å². The molecule has 0 saturated carbocycles. The monoisotopic (exact) mass is 226 g/mol. The number of likely N-dealkylation sites (tertiary alicyclic amines) is 1. The highest BCUT2D eigenvalue weighted by atomic mass is 16.6. The van der Waals surface area contributed by atoms with E-state index in [1.165, 1.54) is 0 Å². The third-order valence-corrected chi connectivity index (χ3v) is 3.53. The smallest absolute Gasteiger partial charge is 0.410 e. The molecule has 0 aromatic carbocycles. The van der Waals surface area contributed by atoms with Gasteiger partial charge in [-0.1, -0.05) is 13.8 Å². The lowest BCUT2D eigenvalue weighted by Gasteiger charge is -2.27. The van der Waals surface area contributed by atoms with Gasteiger partial charge in [-0.2, -0.15) is 0 Å². The van der Waals surface area contributed by atoms with Crippen molar-refractivity contribution in [3.63, 3.8) is 0 Å². The third kappa shape index (κ3) is 2.17. The maximum Gasteiger partial charge on any atom is 0.410 e. The molecule has 0 radical (unpaired) electrons. The van der Waals surface area contributed by atoms with Gasteiger partial charge in [-0.25, -0.2) is 4.79 Å². The van der Waals surface area contributed by atoms with E-state index in [2.05, 4.69) is 26.1 Å². The van der Waals surface area contributed by atoms with Crippen molar-refractivity contribution < 1.29 is 9.53 Å². The van der Waals surface area contributed by atoms with E-state index in [0.717, 1.165) is 19.5 Å². The van der Waals surface area contributed by atoms with Crippen LogP contribution in [-0.4, -0.2) is 42.8 Å². The summed E-state index contributed by atoms with van der Waals surface area (Å²) in [6, 6.07) is 0.687. The number of rotatable bonds is 2. The Morgan fingerprint density at radius 1 is 1.50 bits per heavy atom. The fraction of sp³-hybridized carbons (Fsp3) is 0.917. The standard InChI is InChI=1S/C12H22N2O2/c1-8(2)7-16-12(15)14-9(3)4-10-5-13-6-11(10)14/h8-11,13H,4-7H2,1-3H3/t9-,10-,11-/m0/s1. The molecular weight excluding hydrogens is 204 g/mol. The molecule has 0 unspecified atom stereocenters. The van der Waals surface area contributed by atoms with E-state index in [-0.39, 0.29) is 6.09 Å². The van der Waals surface area contributed by atoms with Crippen molar-refractivity contribution in [2.24, 2.45) is 11.8 Å². The van der Waals surface area contributed by atoms with Crippen LogP contribution in [0.5, 0.6) is 0 Å². The largest absolute Gasteiger partial charge is 0.449 e. The van der Waals surface area contributed by atoms with Gasteiger partial charge in [0.05, 0.1) is 12.6 Å². The van der Waals surface area contributed by atoms with E-state index < -0.39 is 0 Å². The van der Waals surface area contributed by atoms with Crippen LogP contribution in [0.1, 0.15) is 27.2 Å². The summed E-state index contributed by atoms with van der Waals surface area (Å²) >= 11 is 0. The Morgan fingerprint density at radius 2 is 2.25 bits per heavy atom. The summed E-state index contributed by atoms with van der Waals surface area (Å²) in [5.74, 6) is 1.03. The molecule has 0 bridgehead atoms. The Hall–Kier alpha value is -0.770. The Labute approximate surface area is 97.3 Å². The second kappa shape index (κ2) is 4.62. The average molecular weight is 226 g/mol. The van der Waals surface area contributed by atoms with Gasteiger partial charge in [0.2, 0.25) is 0 Å². The van der Waals surface area contributed by atoms with Crippen molar-refractivity contribution in [3.05, 3.63) is 0 Å². The zero-order valence-electron chi connectivity index (χ0n) is 10.4. The van der Waals surface area contributed by atoms with Crippen molar-refractivity contribution in [1.29, 1.82) is 0 Å². The summed E-state index contributed by atoms with van der Waals surface area (Å²) in [4.78, 5) is 13.9. The van der Waals surface area contributed by atoms with Gasteiger partial charge in [-0.3, -0.25) is 0 Å². The molecule has 92 valence electrons. The predicted molar refractivity (Wildman–Crippen MR) is 62.3 cm³/mol. The number of amides is 1. The van der Waals surface area contributed by atoms with Crippen LogP contribution in [0.2, 0.25) is 0 Å². The second-order valence-corrected chi connectivity index (χ2v) is 5.45. The Balaban J connectivity index is 1.94. The molecule has 2 rings (SSSR count). The molecule has 4 heteroatoms. The lowest BCUT2D eigenvalue weighted by atomic mass is 10.0. The first kappa shape index (κ1) is 11.7. The van der Waals surface area contributed by atoms with Gasteiger partial charge < -0.3 is 15.0 Å². The van der Waals surface area contributed by atoms with Gasteiger partial charge in [-0.15, -0.1) is 0 Å². The van der Waals surface area contributed by atoms with E-state index in [9.17, 15) is 4.79 Å². The molecule has 2 aliphatic heterocycles. The van der Waals surface area contributed by atoms with Gasteiger partial charge in [0.25, 0.3) is 0 Å². The van der Waals surface area contributed by atoms with Crippen LogP contribution in [0, 0.1) is 11.8 Å². The number of hydrogen-bond donors (Lipinski definition) is 1. The van der Waals surface area contributed by atoms with E-state index >= 15 is 0 Å². The number of ether oxygens (including phenoxy) is 1. The number of nitrogens with one attached hydrogen (secondary N) is 1. The molecule has 2 aliphatic rings. The molecule has 3 atom stereocenters. The minimum Gasteiger partial charge on any atom is -0.449 e. The minimum absolute atomic E-state index is 0.127. The summed E-state index contributed by atoms with van der Waals surface area (Å²) < 4.78 is 5.33. The molecule has 2 fully saturated rings. The number of fused-ring (bicyclic) bond motifs is 1. The van der Waals surface area contributed by atoms with E-state index in [1.807, 2.05) is 4.90 Å². The van der Waals surface area contributed by atoms with Gasteiger partial charge in [-0.05, 0) is 25.2 Å². The predicted octanol–water partition coefficient (Wildman–Crippen LogP) is 1.46. The normalized spacial score (nSPS) is 33.2. The average Bonchev–Trinajstić information content (AvgIpc) is 2.73. The Bertz CT molecular complexity index is 268. The molecule has 0 aromatic heterocycles. The highest BCUT2D eigenvalue weighted by Crippen LogP contribution is 2.32. The number of hydrogen-bond acceptors (Lipinski definition) is 3. The van der Waals surface area contributed by atoms with Gasteiger partial charge >= 0.3 is 6.09 Å². The number of carbonyl (C=O) groups is 1. The topological polar surface area (TPSA) is 41.6 Å². The molecule has 1 amide bonds. The van der Waals surface area contributed by atoms with Crippen LogP contribution in [-0.2, 0) is 4.74 Å². The molecule has 0 aromatic rings. The first-order valence-corrected chi connectivity index (χ1v) is 6.25. The summed E-state index contributed by atoms with van der Waals surface area (Å²) in [7, 11) is 0. The molecule has 4 nitrogen and oxygen atoms in total. The lowest BCUT2D eigenvalue weighted by molar-refractivity contribution is 0.0778. The number of nitrogens with zero attached hydrogens (tertiary/aromatic N) is 1. The second-order valence-electron chi connectivity index (χ2n) is 5.45. The SMILES string of the molecule is CC(C)COC(=O)N1[C@@H](C)C[C@H]2CNC[C@@H]21. The summed E-state index contributed by atoms with van der Waals surface area (Å²) in [5, 5.41) is 3.35. The van der Waals surface area contributed by atoms with Crippen LogP contribution in [0.3, 0.4) is 0 Å². The molecule has 16 heavy (non-hydrogen) atoms. The van der Waals surface area contributed by atoms with Crippen LogP contribution < -0.4 is 5.32 Å². The van der Waals surface area contributed by atoms with Crippen molar-refractivity contribution in [3.8, 4) is 0 Å². The van der Waals surface area contributed by atoms with Crippen molar-refractivity contribution in [2.45, 2.75) is 39.3 Å². The molecule has 1 N–H and O–H groups in total. The van der Waals surface area contributed by atoms with Crippen LogP contribution >= 0.6 is 0 Å². The lowest BCUT2D eigenvalue weighted by Crippen LogP contribution is -2.43. The zero-order valence-corrected chi connectivity index (χ0v) is 10.4. The van der Waals surface area contributed by atoms with Gasteiger partial charge in [0.15, 0.2) is 0 Å². The van der Waals surface area contributed by atoms with Crippen molar-refractivity contribution in [2.75, 3.05) is 19.7 Å². The first-order valence-electron chi connectivity index (χ1n) is 6.25. The fourth-order valence-electron chi connectivity index (χ4n) is 2.79. The van der Waals surface area contributed by atoms with Gasteiger partial charge in [0.1, 0.15) is 0 Å². The van der Waals surface area contributed by atoms with E-state index in [0.29, 0.717) is 30.5 Å². The van der Waals surface area contributed by atoms with Crippen molar-refractivity contribution in [1.82, 2.24) is 10.2 Å². The molecule has 0 aliphatic carbocycles. The number of carbonyl (C=O) groups excluding carboxylic acids is 1. The fourth-order valence-corrected chi connectivity index (χ4v) is 2.79. The Morgan fingerprint density at radius 3 is 2.94 bits per heavy atom. The van der Waals surface area contributed by atoms with E-state index in [4.69, 9.17) is 4.74 Å². The summed E-state index contributed by atoms with van der Waals surface area (Å²) in [5.41, 5.74) is 0. The maximum atomic E-state index is 12.0. The summed E-state index contributed by atoms with van der Waals surface area (Å²) in [6.45, 7) is 8.72. The van der Waals surface area contributed by atoms with Crippen molar-refractivity contribution >= 4 is 6.09 Å². The van der Waals surface area contributed by atoms with Crippen LogP contribution in [0.4, 0.5) is 4.79 Å². The first-order chi connectivity index (χ1) is 7.59. The highest BCUT2D eigenvalue weighted by molar-refractivity contribution is 5.69. The minimum atomic E-state index is -0.127. The molecule has 2 heterocycles. The molecular formula is C12H22N2O2. The highest BCUT2D eigenvalue weighted by Gasteiger charge is 2.44. The maximum absolute atomic E-state index is 12.0. The zero-order chi connectivity index (χ0) is 11.7. The molecule has 0 spiro atoms. The quantitative estimate of drug-likeness (QED) is 0.775. The Kier molecular flexibility index (Phi) is 3.38. The van der Waals surface area contributed by atoms with E-state index in [1.54, 1.807) is 0 Å².